The average molecular weight is 287 g/mol. The van der Waals surface area contributed by atoms with Gasteiger partial charge in [-0.05, 0) is 25.1 Å². The smallest absolute Gasteiger partial charge is 0.435 e. The average Bonchev–Trinajstić information content (AvgIpc) is 2.99. The van der Waals surface area contributed by atoms with Crippen molar-refractivity contribution < 1.29 is 17.6 Å². The lowest BCUT2D eigenvalue weighted by Crippen LogP contribution is -2.15. The Morgan fingerprint density at radius 3 is 2.80 bits per heavy atom. The summed E-state index contributed by atoms with van der Waals surface area (Å²) in [5.74, 6) is 0.616. The maximum atomic E-state index is 12.5. The van der Waals surface area contributed by atoms with Crippen LogP contribution in [-0.4, -0.2) is 16.3 Å². The van der Waals surface area contributed by atoms with E-state index in [1.807, 2.05) is 6.07 Å². The molecule has 7 heteroatoms. The molecule has 0 aliphatic rings. The molecular formula is C13H16F3N3O. The molecule has 1 N–H and O–H groups in total. The van der Waals surface area contributed by atoms with Crippen molar-refractivity contribution in [3.8, 4) is 0 Å². The lowest BCUT2D eigenvalue weighted by Gasteiger charge is -2.05. The Kier molecular flexibility index (Phi) is 4.49. The van der Waals surface area contributed by atoms with Crippen molar-refractivity contribution in [3.05, 3.63) is 41.6 Å². The highest BCUT2D eigenvalue weighted by molar-refractivity contribution is 5.17. The van der Waals surface area contributed by atoms with Crippen molar-refractivity contribution in [1.82, 2.24) is 15.1 Å². The molecule has 0 saturated heterocycles. The first-order chi connectivity index (χ1) is 9.50. The third-order valence-corrected chi connectivity index (χ3v) is 2.82. The van der Waals surface area contributed by atoms with Gasteiger partial charge in [-0.25, -0.2) is 0 Å². The van der Waals surface area contributed by atoms with Crippen LogP contribution in [0.3, 0.4) is 0 Å². The first kappa shape index (κ1) is 14.6. The summed E-state index contributed by atoms with van der Waals surface area (Å²) in [5.41, 5.74) is 0.0391. The number of aromatic nitrogens is 2. The lowest BCUT2D eigenvalue weighted by atomic mass is 10.2. The number of hydrogen-bond donors (Lipinski definition) is 1. The van der Waals surface area contributed by atoms with Crippen LogP contribution in [0.15, 0.2) is 29.0 Å². The third kappa shape index (κ3) is 3.63. The molecule has 0 aliphatic heterocycles. The summed E-state index contributed by atoms with van der Waals surface area (Å²) in [7, 11) is 0. The van der Waals surface area contributed by atoms with E-state index >= 15 is 0 Å². The number of halogens is 3. The Labute approximate surface area is 114 Å². The fraction of sp³-hybridized carbons (Fsp3) is 0.462. The van der Waals surface area contributed by atoms with Gasteiger partial charge in [0.05, 0.1) is 12.8 Å². The molecular weight excluding hydrogens is 271 g/mol. The molecule has 0 unspecified atom stereocenters. The van der Waals surface area contributed by atoms with Crippen LogP contribution in [0, 0.1) is 0 Å². The summed E-state index contributed by atoms with van der Waals surface area (Å²) in [6.07, 6.45) is -0.567. The minimum Gasteiger partial charge on any atom is -0.467 e. The zero-order chi connectivity index (χ0) is 14.6. The molecule has 0 aromatic carbocycles. The van der Waals surface area contributed by atoms with Crippen molar-refractivity contribution >= 4 is 0 Å². The molecule has 2 heterocycles. The van der Waals surface area contributed by atoms with Gasteiger partial charge in [-0.3, -0.25) is 4.68 Å². The fourth-order valence-corrected chi connectivity index (χ4v) is 1.81. The molecule has 2 aromatic rings. The largest absolute Gasteiger partial charge is 0.467 e. The van der Waals surface area contributed by atoms with E-state index in [4.69, 9.17) is 4.42 Å². The monoisotopic (exact) mass is 287 g/mol. The SMILES string of the molecule is CCCNCc1ccoc1Cn1ccc(C(F)(F)F)n1. The molecule has 0 radical (unpaired) electrons. The third-order valence-electron chi connectivity index (χ3n) is 2.82. The molecule has 2 rings (SSSR count). The zero-order valence-electron chi connectivity index (χ0n) is 11.1. The van der Waals surface area contributed by atoms with Crippen LogP contribution in [0.1, 0.15) is 30.4 Å². The molecule has 0 aliphatic carbocycles. The normalized spacial score (nSPS) is 12.0. The van der Waals surface area contributed by atoms with Gasteiger partial charge in [0, 0.05) is 18.3 Å². The van der Waals surface area contributed by atoms with Gasteiger partial charge in [-0.15, -0.1) is 0 Å². The second kappa shape index (κ2) is 6.13. The van der Waals surface area contributed by atoms with Crippen LogP contribution in [-0.2, 0) is 19.3 Å². The summed E-state index contributed by atoms with van der Waals surface area (Å²) in [5, 5.41) is 6.73. The predicted octanol–water partition coefficient (Wildman–Crippen LogP) is 3.04. The van der Waals surface area contributed by atoms with Crippen LogP contribution in [0.25, 0.3) is 0 Å². The van der Waals surface area contributed by atoms with Gasteiger partial charge in [-0.1, -0.05) is 6.92 Å². The van der Waals surface area contributed by atoms with Crippen LogP contribution in [0.4, 0.5) is 13.2 Å². The fourth-order valence-electron chi connectivity index (χ4n) is 1.81. The summed E-state index contributed by atoms with van der Waals surface area (Å²) in [6, 6.07) is 2.77. The topological polar surface area (TPSA) is 43.0 Å². The summed E-state index contributed by atoms with van der Waals surface area (Å²) >= 11 is 0. The number of rotatable bonds is 6. The van der Waals surface area contributed by atoms with Gasteiger partial charge >= 0.3 is 6.18 Å². The molecule has 0 fully saturated rings. The van der Waals surface area contributed by atoms with E-state index in [1.54, 1.807) is 0 Å². The molecule has 20 heavy (non-hydrogen) atoms. The van der Waals surface area contributed by atoms with E-state index in [-0.39, 0.29) is 6.54 Å². The molecule has 0 bridgehead atoms. The van der Waals surface area contributed by atoms with Crippen molar-refractivity contribution in [1.29, 1.82) is 0 Å². The van der Waals surface area contributed by atoms with E-state index in [0.717, 1.165) is 24.6 Å². The van der Waals surface area contributed by atoms with Crippen LogP contribution in [0.5, 0.6) is 0 Å². The Morgan fingerprint density at radius 1 is 1.35 bits per heavy atom. The summed E-state index contributed by atoms with van der Waals surface area (Å²) in [6.45, 7) is 3.76. The number of nitrogens with zero attached hydrogens (tertiary/aromatic N) is 2. The maximum absolute atomic E-state index is 12.5. The van der Waals surface area contributed by atoms with Crippen molar-refractivity contribution in [2.45, 2.75) is 32.6 Å². The van der Waals surface area contributed by atoms with E-state index < -0.39 is 11.9 Å². The van der Waals surface area contributed by atoms with Gasteiger partial charge in [0.2, 0.25) is 0 Å². The highest BCUT2D eigenvalue weighted by Crippen LogP contribution is 2.27. The molecule has 0 saturated carbocycles. The predicted molar refractivity (Wildman–Crippen MR) is 67.0 cm³/mol. The minimum absolute atomic E-state index is 0.187. The molecule has 0 spiro atoms. The Bertz CT molecular complexity index is 545. The molecule has 110 valence electrons. The molecule has 4 nitrogen and oxygen atoms in total. The van der Waals surface area contributed by atoms with E-state index in [9.17, 15) is 13.2 Å². The van der Waals surface area contributed by atoms with E-state index in [2.05, 4.69) is 17.3 Å². The van der Waals surface area contributed by atoms with Gasteiger partial charge in [0.15, 0.2) is 5.69 Å². The standard InChI is InChI=1S/C13H16F3N3O/c1-2-5-17-8-10-4-7-20-11(10)9-19-6-3-12(18-19)13(14,15)16/h3-4,6-7,17H,2,5,8-9H2,1H3. The van der Waals surface area contributed by atoms with Gasteiger partial charge in [-0.2, -0.15) is 18.3 Å². The number of nitrogens with one attached hydrogen (secondary N) is 1. The molecule has 0 atom stereocenters. The molecule has 2 aromatic heterocycles. The van der Waals surface area contributed by atoms with Crippen LogP contribution < -0.4 is 5.32 Å². The highest BCUT2D eigenvalue weighted by atomic mass is 19.4. The summed E-state index contributed by atoms with van der Waals surface area (Å²) in [4.78, 5) is 0. The van der Waals surface area contributed by atoms with Gasteiger partial charge in [0.25, 0.3) is 0 Å². The van der Waals surface area contributed by atoms with E-state index in [0.29, 0.717) is 12.3 Å². The Hall–Kier alpha value is -1.76. The number of alkyl halides is 3. The van der Waals surface area contributed by atoms with Crippen LogP contribution in [0.2, 0.25) is 0 Å². The Balaban J connectivity index is 2.03. The summed E-state index contributed by atoms with van der Waals surface area (Å²) < 4.78 is 43.9. The number of furan rings is 1. The minimum atomic E-state index is -4.42. The van der Waals surface area contributed by atoms with Crippen molar-refractivity contribution in [2.24, 2.45) is 0 Å². The highest BCUT2D eigenvalue weighted by Gasteiger charge is 2.33. The van der Waals surface area contributed by atoms with E-state index in [1.165, 1.54) is 17.1 Å². The second-order valence-corrected chi connectivity index (χ2v) is 4.44. The molecule has 0 amide bonds. The lowest BCUT2D eigenvalue weighted by molar-refractivity contribution is -0.141. The van der Waals surface area contributed by atoms with Gasteiger partial charge < -0.3 is 9.73 Å². The van der Waals surface area contributed by atoms with Crippen LogP contribution >= 0.6 is 0 Å². The number of hydrogen-bond acceptors (Lipinski definition) is 3. The van der Waals surface area contributed by atoms with Crippen molar-refractivity contribution in [2.75, 3.05) is 6.54 Å². The first-order valence-corrected chi connectivity index (χ1v) is 6.37. The van der Waals surface area contributed by atoms with Gasteiger partial charge in [0.1, 0.15) is 5.76 Å². The Morgan fingerprint density at radius 2 is 2.15 bits per heavy atom. The van der Waals surface area contributed by atoms with Crippen molar-refractivity contribution in [3.63, 3.8) is 0 Å². The second-order valence-electron chi connectivity index (χ2n) is 4.44. The first-order valence-electron chi connectivity index (χ1n) is 6.37. The quantitative estimate of drug-likeness (QED) is 0.830. The zero-order valence-corrected chi connectivity index (χ0v) is 11.1. The maximum Gasteiger partial charge on any atom is 0.435 e.